The number of benzene rings is 4. The molecule has 2 N–H and O–H groups in total. The fourth-order valence-electron chi connectivity index (χ4n) is 6.23. The van der Waals surface area contributed by atoms with Crippen LogP contribution in [0.25, 0.3) is 54.7 Å². The second kappa shape index (κ2) is 12.5. The highest BCUT2D eigenvalue weighted by atomic mass is 32.1. The molecular formula is C42H34N6S. The molecule has 0 radical (unpaired) electrons. The van der Waals surface area contributed by atoms with Crippen molar-refractivity contribution in [2.24, 2.45) is 4.99 Å². The van der Waals surface area contributed by atoms with Gasteiger partial charge in [0.25, 0.3) is 0 Å². The number of hydrogen-bond acceptors (Lipinski definition) is 5. The summed E-state index contributed by atoms with van der Waals surface area (Å²) in [6.07, 6.45) is 0. The molecule has 0 aliphatic rings. The molecule has 0 saturated carbocycles. The van der Waals surface area contributed by atoms with Crippen LogP contribution in [0, 0.1) is 29.6 Å². The number of nitrogens with one attached hydrogen (secondary N) is 2. The van der Waals surface area contributed by atoms with Crippen molar-refractivity contribution in [3.63, 3.8) is 0 Å². The number of thiazole rings is 1. The first-order valence-electron chi connectivity index (χ1n) is 16.1. The number of aliphatic imine (C=N–C) groups is 1. The number of fused-ring (bicyclic) bond motifs is 2. The van der Waals surface area contributed by atoms with Gasteiger partial charge in [-0.3, -0.25) is 4.99 Å². The summed E-state index contributed by atoms with van der Waals surface area (Å²) in [5.41, 5.74) is 8.81. The predicted molar refractivity (Wildman–Crippen MR) is 202 cm³/mol. The van der Waals surface area contributed by atoms with Gasteiger partial charge in [0.15, 0.2) is 0 Å². The maximum absolute atomic E-state index is 10.8. The molecule has 0 amide bonds. The number of aromatic nitrogens is 3. The van der Waals surface area contributed by atoms with Gasteiger partial charge in [-0.1, -0.05) is 106 Å². The fraction of sp³-hybridized carbons (Fsp3) is 0.143. The summed E-state index contributed by atoms with van der Waals surface area (Å²) in [5.74, 6) is 0. The van der Waals surface area contributed by atoms with Gasteiger partial charge in [-0.15, -0.1) is 11.3 Å². The van der Waals surface area contributed by atoms with E-state index < -0.39 is 0 Å². The third-order valence-electron chi connectivity index (χ3n) is 8.85. The summed E-state index contributed by atoms with van der Waals surface area (Å²) in [7, 11) is 0. The Bertz CT molecular complexity index is 2580. The Balaban J connectivity index is 1.66. The number of H-pyrrole nitrogens is 2. The van der Waals surface area contributed by atoms with Crippen LogP contribution in [-0.2, 0) is 5.41 Å². The summed E-state index contributed by atoms with van der Waals surface area (Å²) < 4.78 is 1.01. The van der Waals surface area contributed by atoms with Gasteiger partial charge in [0.1, 0.15) is 22.7 Å². The van der Waals surface area contributed by atoms with Crippen LogP contribution in [0.15, 0.2) is 108 Å². The highest BCUT2D eigenvalue weighted by molar-refractivity contribution is 7.19. The molecule has 0 spiro atoms. The summed E-state index contributed by atoms with van der Waals surface area (Å²) >= 11 is 1.49. The van der Waals surface area contributed by atoms with Crippen molar-refractivity contribution in [1.82, 2.24) is 15.0 Å². The molecule has 0 atom stereocenters. The largest absolute Gasteiger partial charge is 0.353 e. The van der Waals surface area contributed by atoms with Gasteiger partial charge >= 0.3 is 0 Å². The van der Waals surface area contributed by atoms with Gasteiger partial charge in [0.2, 0.25) is 0 Å². The van der Waals surface area contributed by atoms with E-state index in [4.69, 9.17) is 9.98 Å². The smallest absolute Gasteiger partial charge is 0.137 e. The number of hydrogen-bond donors (Lipinski definition) is 2. The lowest BCUT2D eigenvalue weighted by Gasteiger charge is -2.19. The minimum absolute atomic E-state index is 0.0199. The Morgan fingerprint density at radius 1 is 0.735 bits per heavy atom. The number of nitriles is 2. The summed E-state index contributed by atoms with van der Waals surface area (Å²) in [5, 5.41) is 25.1. The maximum Gasteiger partial charge on any atom is 0.137 e. The van der Waals surface area contributed by atoms with E-state index in [1.165, 1.54) is 16.9 Å². The van der Waals surface area contributed by atoms with Crippen LogP contribution >= 0.6 is 11.3 Å². The van der Waals surface area contributed by atoms with Gasteiger partial charge in [-0.25, -0.2) is 4.98 Å². The second-order valence-electron chi connectivity index (χ2n) is 13.1. The Kier molecular flexibility index (Phi) is 8.08. The van der Waals surface area contributed by atoms with Gasteiger partial charge in [0.05, 0.1) is 49.3 Å². The zero-order chi connectivity index (χ0) is 34.3. The van der Waals surface area contributed by atoms with E-state index >= 15 is 0 Å². The van der Waals surface area contributed by atoms with E-state index in [0.29, 0.717) is 32.6 Å². The lowest BCUT2D eigenvalue weighted by Crippen LogP contribution is -2.13. The summed E-state index contributed by atoms with van der Waals surface area (Å²) in [4.78, 5) is 17.2. The molecule has 0 aliphatic heterocycles. The van der Waals surface area contributed by atoms with Crippen molar-refractivity contribution in [2.45, 2.75) is 40.0 Å². The highest BCUT2D eigenvalue weighted by Crippen LogP contribution is 2.34. The Hall–Kier alpha value is -6.02. The number of aryl methyl sites for hydroxylation is 1. The molecule has 238 valence electrons. The van der Waals surface area contributed by atoms with Gasteiger partial charge in [0, 0.05) is 10.8 Å². The first kappa shape index (κ1) is 31.6. The number of para-hydroxylation sites is 2. The first-order chi connectivity index (χ1) is 23.7. The standard InChI is InChI=1S/C42H34N6S/c1-25-13-9-10-16-32(25)45-26(2)30(23-43)39-35-36(37(47-39)27-14-7-6-8-15-27)40(31(24-44)41-46-33-17-11-12-18-34(33)49-41)48-38(35)28-19-21-29(22-20-28)42(3,4)5/h6-22,47-48H,1-5H3/b39-30-,40-31-,45-26?. The molecule has 0 aliphatic carbocycles. The third-order valence-corrected chi connectivity index (χ3v) is 9.90. The molecule has 3 aromatic heterocycles. The van der Waals surface area contributed by atoms with Crippen LogP contribution < -0.4 is 10.7 Å². The summed E-state index contributed by atoms with van der Waals surface area (Å²) in [6, 6.07) is 39.3. The quantitative estimate of drug-likeness (QED) is 0.181. The summed E-state index contributed by atoms with van der Waals surface area (Å²) in [6.45, 7) is 10.5. The Morgan fingerprint density at radius 3 is 2.00 bits per heavy atom. The number of aromatic amines is 2. The van der Waals surface area contributed by atoms with Crippen molar-refractivity contribution in [3.05, 3.63) is 130 Å². The van der Waals surface area contributed by atoms with Gasteiger partial charge in [-0.2, -0.15) is 10.5 Å². The molecular weight excluding hydrogens is 621 g/mol. The molecule has 6 nitrogen and oxygen atoms in total. The van der Waals surface area contributed by atoms with E-state index in [9.17, 15) is 10.5 Å². The number of nitrogens with zero attached hydrogens (tertiary/aromatic N) is 4. The minimum Gasteiger partial charge on any atom is -0.353 e. The molecule has 0 unspecified atom stereocenters. The molecule has 0 saturated heterocycles. The zero-order valence-electron chi connectivity index (χ0n) is 28.0. The lowest BCUT2D eigenvalue weighted by atomic mass is 9.86. The van der Waals surface area contributed by atoms with E-state index in [1.807, 2.05) is 92.7 Å². The molecule has 7 heteroatoms. The lowest BCUT2D eigenvalue weighted by molar-refractivity contribution is 0.590. The first-order valence-corrected chi connectivity index (χ1v) is 17.0. The predicted octanol–water partition coefficient (Wildman–Crippen LogP) is 9.24. The topological polar surface area (TPSA) is 104 Å². The molecule has 0 fully saturated rings. The molecule has 49 heavy (non-hydrogen) atoms. The zero-order valence-corrected chi connectivity index (χ0v) is 28.8. The average Bonchev–Trinajstić information content (AvgIpc) is 3.81. The monoisotopic (exact) mass is 654 g/mol. The van der Waals surface area contributed by atoms with Crippen LogP contribution in [0.5, 0.6) is 0 Å². The molecule has 3 heterocycles. The third kappa shape index (κ3) is 5.75. The van der Waals surface area contributed by atoms with Crippen LogP contribution in [0.4, 0.5) is 5.69 Å². The van der Waals surface area contributed by atoms with Gasteiger partial charge in [-0.05, 0) is 59.7 Å². The SMILES string of the molecule is CC(=Nc1ccccc1C)/C(C#N)=c1\[nH]c(-c2ccccc2)c2/c(=C(\C#N)c3nc4ccccc4s3)[nH]c(-c3ccc(C(C)(C)C)cc3)c12. The van der Waals surface area contributed by atoms with Crippen molar-refractivity contribution < 1.29 is 0 Å². The normalized spacial score (nSPS) is 13.3. The van der Waals surface area contributed by atoms with Crippen LogP contribution in [-0.4, -0.2) is 20.7 Å². The van der Waals surface area contributed by atoms with E-state index in [2.05, 4.69) is 67.1 Å². The fourth-order valence-corrected chi connectivity index (χ4v) is 7.20. The van der Waals surface area contributed by atoms with Crippen molar-refractivity contribution >= 4 is 54.9 Å². The van der Waals surface area contributed by atoms with Crippen LogP contribution in [0.2, 0.25) is 0 Å². The molecule has 7 aromatic rings. The molecule has 4 aromatic carbocycles. The Labute approximate surface area is 289 Å². The van der Waals surface area contributed by atoms with E-state index in [0.717, 1.165) is 54.8 Å². The van der Waals surface area contributed by atoms with Gasteiger partial charge < -0.3 is 9.97 Å². The minimum atomic E-state index is -0.0199. The highest BCUT2D eigenvalue weighted by Gasteiger charge is 2.24. The maximum atomic E-state index is 10.8. The molecule has 0 bridgehead atoms. The van der Waals surface area contributed by atoms with Crippen LogP contribution in [0.3, 0.4) is 0 Å². The second-order valence-corrected chi connectivity index (χ2v) is 14.2. The Morgan fingerprint density at radius 2 is 1.35 bits per heavy atom. The molecule has 7 rings (SSSR count). The van der Waals surface area contributed by atoms with Crippen molar-refractivity contribution in [3.8, 4) is 34.7 Å². The van der Waals surface area contributed by atoms with Crippen molar-refractivity contribution in [2.75, 3.05) is 0 Å². The van der Waals surface area contributed by atoms with E-state index in [1.54, 1.807) is 0 Å². The van der Waals surface area contributed by atoms with Crippen LogP contribution in [0.1, 0.15) is 43.8 Å². The average molecular weight is 655 g/mol. The number of rotatable bonds is 5. The van der Waals surface area contributed by atoms with E-state index in [-0.39, 0.29) is 5.41 Å². The van der Waals surface area contributed by atoms with Crippen molar-refractivity contribution in [1.29, 1.82) is 10.5 Å².